The van der Waals surface area contributed by atoms with Crippen molar-refractivity contribution in [3.8, 4) is 5.75 Å². The summed E-state index contributed by atoms with van der Waals surface area (Å²) in [5, 5.41) is 0. The Hall–Kier alpha value is -3.72. The third-order valence-electron chi connectivity index (χ3n) is 4.78. The number of methoxy groups -OCH3 is 1. The zero-order chi connectivity index (χ0) is 24.2. The molecule has 3 aromatic rings. The van der Waals surface area contributed by atoms with Crippen molar-refractivity contribution < 1.29 is 31.9 Å². The molecular weight excluding hydrogens is 449 g/mol. The second-order valence-corrected chi connectivity index (χ2v) is 8.95. The fraction of sp³-hybridized carbons (Fsp3) is 0.167. The van der Waals surface area contributed by atoms with Crippen LogP contribution in [0.5, 0.6) is 5.75 Å². The lowest BCUT2D eigenvalue weighted by Gasteiger charge is -2.12. The first-order chi connectivity index (χ1) is 15.6. The predicted molar refractivity (Wildman–Crippen MR) is 121 cm³/mol. The fourth-order valence-corrected chi connectivity index (χ4v) is 4.45. The van der Waals surface area contributed by atoms with Gasteiger partial charge in [-0.15, -0.1) is 0 Å². The Bertz CT molecular complexity index is 1320. The molecule has 0 saturated heterocycles. The summed E-state index contributed by atoms with van der Waals surface area (Å²) in [6.07, 6.45) is 0. The Kier molecular flexibility index (Phi) is 7.13. The summed E-state index contributed by atoms with van der Waals surface area (Å²) in [4.78, 5) is 24.8. The molecule has 0 fully saturated rings. The van der Waals surface area contributed by atoms with Crippen LogP contribution >= 0.6 is 0 Å². The molecule has 3 rings (SSSR count). The number of esters is 1. The standard InChI is InChI=1S/C24H22FNO6S/c1-15-5-4-6-19(11-15)26-33(29,30)23-12-17(8-7-16(23)2)24(28)32-14-21(27)20-13-18(25)9-10-22(20)31-3/h4-13,26H,14H2,1-3H3. The van der Waals surface area contributed by atoms with Crippen molar-refractivity contribution in [3.05, 3.63) is 88.7 Å². The van der Waals surface area contributed by atoms with Crippen LogP contribution in [-0.2, 0) is 14.8 Å². The van der Waals surface area contributed by atoms with Gasteiger partial charge in [0.15, 0.2) is 6.61 Å². The average molecular weight is 472 g/mol. The van der Waals surface area contributed by atoms with Gasteiger partial charge in [-0.05, 0) is 67.4 Å². The highest BCUT2D eigenvalue weighted by atomic mass is 32.2. The number of ether oxygens (including phenoxy) is 2. The van der Waals surface area contributed by atoms with Gasteiger partial charge < -0.3 is 9.47 Å². The Balaban J connectivity index is 1.78. The normalized spacial score (nSPS) is 11.0. The summed E-state index contributed by atoms with van der Waals surface area (Å²) < 4.78 is 51.9. The molecule has 0 saturated carbocycles. The van der Waals surface area contributed by atoms with E-state index < -0.39 is 34.2 Å². The van der Waals surface area contributed by atoms with E-state index in [2.05, 4.69) is 4.72 Å². The van der Waals surface area contributed by atoms with Crippen LogP contribution in [0, 0.1) is 19.7 Å². The molecule has 33 heavy (non-hydrogen) atoms. The van der Waals surface area contributed by atoms with Crippen molar-refractivity contribution >= 4 is 27.5 Å². The van der Waals surface area contributed by atoms with Gasteiger partial charge in [-0.1, -0.05) is 18.2 Å². The molecule has 0 unspecified atom stereocenters. The number of sulfonamides is 1. The number of aryl methyl sites for hydroxylation is 2. The first-order valence-electron chi connectivity index (χ1n) is 9.84. The lowest BCUT2D eigenvalue weighted by molar-refractivity contribution is 0.0473. The lowest BCUT2D eigenvalue weighted by atomic mass is 10.1. The molecule has 0 radical (unpaired) electrons. The van der Waals surface area contributed by atoms with E-state index in [0.717, 1.165) is 17.7 Å². The van der Waals surface area contributed by atoms with Crippen molar-refractivity contribution in [3.63, 3.8) is 0 Å². The molecule has 9 heteroatoms. The smallest absolute Gasteiger partial charge is 0.338 e. The Morgan fingerprint density at radius 1 is 1.00 bits per heavy atom. The predicted octanol–water partition coefficient (Wildman–Crippen LogP) is 4.29. The molecule has 0 spiro atoms. The molecule has 0 atom stereocenters. The van der Waals surface area contributed by atoms with Crippen molar-refractivity contribution in [2.45, 2.75) is 18.7 Å². The van der Waals surface area contributed by atoms with Crippen LogP contribution in [-0.4, -0.2) is 33.9 Å². The van der Waals surface area contributed by atoms with Crippen molar-refractivity contribution in [2.75, 3.05) is 18.4 Å². The number of hydrogen-bond donors (Lipinski definition) is 1. The molecule has 0 aliphatic rings. The van der Waals surface area contributed by atoms with Gasteiger partial charge in [0.1, 0.15) is 11.6 Å². The summed E-state index contributed by atoms with van der Waals surface area (Å²) in [5.74, 6) is -2.06. The molecule has 0 bridgehead atoms. The van der Waals surface area contributed by atoms with E-state index >= 15 is 0 Å². The van der Waals surface area contributed by atoms with Crippen LogP contribution < -0.4 is 9.46 Å². The molecule has 0 amide bonds. The highest BCUT2D eigenvalue weighted by molar-refractivity contribution is 7.92. The summed E-state index contributed by atoms with van der Waals surface area (Å²) in [6, 6.07) is 14.3. The average Bonchev–Trinajstić information content (AvgIpc) is 2.77. The summed E-state index contributed by atoms with van der Waals surface area (Å²) in [7, 11) is -2.66. The second kappa shape index (κ2) is 9.83. The van der Waals surface area contributed by atoms with E-state index in [9.17, 15) is 22.4 Å². The summed E-state index contributed by atoms with van der Waals surface area (Å²) >= 11 is 0. The van der Waals surface area contributed by atoms with E-state index in [0.29, 0.717) is 11.3 Å². The molecule has 0 aromatic heterocycles. The first kappa shape index (κ1) is 23.9. The van der Waals surface area contributed by atoms with Gasteiger partial charge in [-0.25, -0.2) is 17.6 Å². The fourth-order valence-electron chi connectivity index (χ4n) is 3.13. The monoisotopic (exact) mass is 471 g/mol. The zero-order valence-electron chi connectivity index (χ0n) is 18.2. The number of halogens is 1. The topological polar surface area (TPSA) is 98.8 Å². The van der Waals surface area contributed by atoms with E-state index in [1.807, 2.05) is 13.0 Å². The minimum atomic E-state index is -3.99. The van der Waals surface area contributed by atoms with Crippen LogP contribution in [0.2, 0.25) is 0 Å². The number of rotatable bonds is 8. The molecule has 0 aliphatic heterocycles. The van der Waals surface area contributed by atoms with Crippen LogP contribution in [0.25, 0.3) is 0 Å². The zero-order valence-corrected chi connectivity index (χ0v) is 19.0. The largest absolute Gasteiger partial charge is 0.496 e. The maximum absolute atomic E-state index is 13.5. The number of Topliss-reactive ketones (excluding diaryl/α,β-unsaturated/α-hetero) is 1. The lowest BCUT2D eigenvalue weighted by Crippen LogP contribution is -2.17. The number of carbonyl (C=O) groups is 2. The number of anilines is 1. The minimum Gasteiger partial charge on any atom is -0.496 e. The van der Waals surface area contributed by atoms with Gasteiger partial charge in [0, 0.05) is 5.69 Å². The van der Waals surface area contributed by atoms with Gasteiger partial charge in [-0.3, -0.25) is 9.52 Å². The molecular formula is C24H22FNO6S. The summed E-state index contributed by atoms with van der Waals surface area (Å²) in [6.45, 7) is 2.76. The van der Waals surface area contributed by atoms with E-state index in [1.165, 1.54) is 31.4 Å². The minimum absolute atomic E-state index is 0.0516. The van der Waals surface area contributed by atoms with Gasteiger partial charge in [0.25, 0.3) is 10.0 Å². The number of ketones is 1. The van der Waals surface area contributed by atoms with Crippen LogP contribution in [0.1, 0.15) is 31.8 Å². The maximum atomic E-state index is 13.5. The third-order valence-corrected chi connectivity index (χ3v) is 6.30. The molecule has 172 valence electrons. The second-order valence-electron chi connectivity index (χ2n) is 7.30. The quantitative estimate of drug-likeness (QED) is 0.389. The van der Waals surface area contributed by atoms with Gasteiger partial charge in [0.05, 0.1) is 23.1 Å². The molecule has 1 N–H and O–H groups in total. The van der Waals surface area contributed by atoms with Crippen LogP contribution in [0.3, 0.4) is 0 Å². The van der Waals surface area contributed by atoms with Gasteiger partial charge in [0.2, 0.25) is 5.78 Å². The van der Waals surface area contributed by atoms with E-state index in [1.54, 1.807) is 25.1 Å². The highest BCUT2D eigenvalue weighted by Crippen LogP contribution is 2.23. The molecule has 7 nitrogen and oxygen atoms in total. The first-order valence-corrected chi connectivity index (χ1v) is 11.3. The number of nitrogens with one attached hydrogen (secondary N) is 1. The Labute approximate surface area is 191 Å². The number of benzene rings is 3. The van der Waals surface area contributed by atoms with E-state index in [-0.39, 0.29) is 21.8 Å². The number of hydrogen-bond acceptors (Lipinski definition) is 6. The van der Waals surface area contributed by atoms with Crippen LogP contribution in [0.15, 0.2) is 65.6 Å². The molecule has 3 aromatic carbocycles. The van der Waals surface area contributed by atoms with Crippen molar-refractivity contribution in [2.24, 2.45) is 0 Å². The highest BCUT2D eigenvalue weighted by Gasteiger charge is 2.21. The maximum Gasteiger partial charge on any atom is 0.338 e. The molecule has 0 heterocycles. The number of carbonyl (C=O) groups excluding carboxylic acids is 2. The third kappa shape index (κ3) is 5.75. The van der Waals surface area contributed by atoms with E-state index in [4.69, 9.17) is 9.47 Å². The Morgan fingerprint density at radius 2 is 1.76 bits per heavy atom. The van der Waals surface area contributed by atoms with Crippen LogP contribution in [0.4, 0.5) is 10.1 Å². The Morgan fingerprint density at radius 3 is 2.45 bits per heavy atom. The summed E-state index contributed by atoms with van der Waals surface area (Å²) in [5.41, 5.74) is 1.57. The van der Waals surface area contributed by atoms with Crippen molar-refractivity contribution in [1.29, 1.82) is 0 Å². The van der Waals surface area contributed by atoms with Gasteiger partial charge >= 0.3 is 5.97 Å². The van der Waals surface area contributed by atoms with Gasteiger partial charge in [-0.2, -0.15) is 0 Å². The van der Waals surface area contributed by atoms with Crippen molar-refractivity contribution in [1.82, 2.24) is 0 Å². The SMILES string of the molecule is COc1ccc(F)cc1C(=O)COC(=O)c1ccc(C)c(S(=O)(=O)Nc2cccc(C)c2)c1. The molecule has 0 aliphatic carbocycles.